The van der Waals surface area contributed by atoms with Gasteiger partial charge in [-0.3, -0.25) is 4.79 Å². The first kappa shape index (κ1) is 26.1. The molecule has 0 spiro atoms. The number of methoxy groups -OCH3 is 1. The average Bonchev–Trinajstić information content (AvgIpc) is 3.15. The van der Waals surface area contributed by atoms with Gasteiger partial charge < -0.3 is 14.5 Å². The maximum absolute atomic E-state index is 13.4. The number of anilines is 1. The number of carbonyl (C=O) groups is 1. The van der Waals surface area contributed by atoms with Crippen LogP contribution >= 0.6 is 11.6 Å². The first-order chi connectivity index (χ1) is 16.2. The number of sulfonamides is 1. The van der Waals surface area contributed by atoms with Gasteiger partial charge in [-0.1, -0.05) is 38.3 Å². The van der Waals surface area contributed by atoms with E-state index in [-0.39, 0.29) is 10.7 Å². The lowest BCUT2D eigenvalue weighted by atomic mass is 10.1. The number of rotatable bonds is 11. The molecule has 1 aromatic heterocycles. The first-order valence-corrected chi connectivity index (χ1v) is 13.2. The number of ether oxygens (including phenoxy) is 1. The number of benzene rings is 2. The summed E-state index contributed by atoms with van der Waals surface area (Å²) in [6, 6.07) is 9.65. The zero-order valence-corrected chi connectivity index (χ0v) is 21.6. The molecular formula is C25H31ClN2O5S. The van der Waals surface area contributed by atoms with Crippen LogP contribution in [0, 0.1) is 6.92 Å². The summed E-state index contributed by atoms with van der Waals surface area (Å²) in [4.78, 5) is 13.1. The van der Waals surface area contributed by atoms with Crippen LogP contribution in [0.25, 0.3) is 11.0 Å². The number of aryl methyl sites for hydroxylation is 1. The van der Waals surface area contributed by atoms with Crippen LogP contribution in [-0.4, -0.2) is 38.8 Å². The van der Waals surface area contributed by atoms with Gasteiger partial charge in [0.25, 0.3) is 5.91 Å². The van der Waals surface area contributed by atoms with Crippen molar-refractivity contribution < 1.29 is 22.4 Å². The Hall–Kier alpha value is -2.55. The number of nitrogens with one attached hydrogen (secondary N) is 1. The molecule has 3 rings (SSSR count). The summed E-state index contributed by atoms with van der Waals surface area (Å²) in [5.74, 6) is 0.164. The highest BCUT2D eigenvalue weighted by atomic mass is 35.5. The van der Waals surface area contributed by atoms with Gasteiger partial charge in [-0.05, 0) is 56.2 Å². The van der Waals surface area contributed by atoms with Crippen LogP contribution in [0.4, 0.5) is 5.69 Å². The average molecular weight is 507 g/mol. The monoisotopic (exact) mass is 506 g/mol. The second-order valence-electron chi connectivity index (χ2n) is 8.13. The van der Waals surface area contributed by atoms with Gasteiger partial charge in [0.2, 0.25) is 10.0 Å². The molecule has 0 aliphatic heterocycles. The van der Waals surface area contributed by atoms with E-state index in [2.05, 4.69) is 5.32 Å². The van der Waals surface area contributed by atoms with Crippen LogP contribution in [0.2, 0.25) is 5.02 Å². The molecule has 0 aliphatic carbocycles. The molecule has 0 bridgehead atoms. The Morgan fingerprint density at radius 2 is 1.76 bits per heavy atom. The topological polar surface area (TPSA) is 88.9 Å². The summed E-state index contributed by atoms with van der Waals surface area (Å²) in [5, 5.41) is 3.72. The van der Waals surface area contributed by atoms with Gasteiger partial charge in [0, 0.05) is 29.7 Å². The zero-order valence-electron chi connectivity index (χ0n) is 20.0. The number of halogens is 1. The maximum Gasteiger partial charge on any atom is 0.291 e. The van der Waals surface area contributed by atoms with Crippen molar-refractivity contribution in [2.24, 2.45) is 0 Å². The largest absolute Gasteiger partial charge is 0.495 e. The Bertz CT molecular complexity index is 1260. The van der Waals surface area contributed by atoms with Crippen LogP contribution in [-0.2, 0) is 10.0 Å². The van der Waals surface area contributed by atoms with Crippen molar-refractivity contribution in [1.82, 2.24) is 4.31 Å². The number of unbranched alkanes of at least 4 members (excludes halogenated alkanes) is 2. The van der Waals surface area contributed by atoms with Crippen LogP contribution in [0.5, 0.6) is 5.75 Å². The Kier molecular flexibility index (Phi) is 8.62. The molecule has 2 aromatic carbocycles. The van der Waals surface area contributed by atoms with Gasteiger partial charge >= 0.3 is 0 Å². The standard InChI is InChI=1S/C25H31ClN2O5S/c1-5-7-13-28(14-8-6-2)34(30,31)19-10-12-22-20(16-19)17(3)24(33-22)25(29)27-18-9-11-23(32-4)21(26)15-18/h9-12,15-16H,5-8,13-14H2,1-4H3,(H,27,29). The summed E-state index contributed by atoms with van der Waals surface area (Å²) in [6.07, 6.45) is 3.43. The molecule has 3 aromatic rings. The molecular weight excluding hydrogens is 476 g/mol. The van der Waals surface area contributed by atoms with E-state index in [9.17, 15) is 13.2 Å². The van der Waals surface area contributed by atoms with Gasteiger partial charge in [-0.2, -0.15) is 4.31 Å². The van der Waals surface area contributed by atoms with Crippen molar-refractivity contribution in [1.29, 1.82) is 0 Å². The second-order valence-corrected chi connectivity index (χ2v) is 10.5. The minimum Gasteiger partial charge on any atom is -0.495 e. The smallest absolute Gasteiger partial charge is 0.291 e. The fourth-order valence-electron chi connectivity index (χ4n) is 3.68. The van der Waals surface area contributed by atoms with Crippen molar-refractivity contribution in [3.8, 4) is 5.75 Å². The number of hydrogen-bond acceptors (Lipinski definition) is 5. The van der Waals surface area contributed by atoms with E-state index < -0.39 is 15.9 Å². The molecule has 34 heavy (non-hydrogen) atoms. The summed E-state index contributed by atoms with van der Waals surface area (Å²) in [7, 11) is -2.15. The molecule has 0 unspecified atom stereocenters. The highest BCUT2D eigenvalue weighted by molar-refractivity contribution is 7.89. The Morgan fingerprint density at radius 1 is 1.09 bits per heavy atom. The molecule has 1 heterocycles. The number of carbonyl (C=O) groups excluding carboxylic acids is 1. The third kappa shape index (κ3) is 5.56. The summed E-state index contributed by atoms with van der Waals surface area (Å²) in [6.45, 7) is 6.79. The van der Waals surface area contributed by atoms with Gasteiger partial charge in [-0.25, -0.2) is 8.42 Å². The van der Waals surface area contributed by atoms with Crippen LogP contribution in [0.3, 0.4) is 0 Å². The molecule has 1 amide bonds. The second kappa shape index (κ2) is 11.3. The van der Waals surface area contributed by atoms with Gasteiger partial charge in [0.05, 0.1) is 17.0 Å². The number of amides is 1. The van der Waals surface area contributed by atoms with Crippen molar-refractivity contribution in [2.75, 3.05) is 25.5 Å². The van der Waals surface area contributed by atoms with Gasteiger partial charge in [0.15, 0.2) is 5.76 Å². The molecule has 184 valence electrons. The predicted octanol–water partition coefficient (Wildman–Crippen LogP) is 6.25. The van der Waals surface area contributed by atoms with Crippen molar-refractivity contribution >= 4 is 44.2 Å². The Balaban J connectivity index is 1.91. The van der Waals surface area contributed by atoms with E-state index >= 15 is 0 Å². The van der Waals surface area contributed by atoms with E-state index in [0.29, 0.717) is 46.1 Å². The van der Waals surface area contributed by atoms with Crippen LogP contribution in [0.1, 0.15) is 55.6 Å². The van der Waals surface area contributed by atoms with E-state index in [4.69, 9.17) is 20.8 Å². The number of nitrogens with zero attached hydrogens (tertiary/aromatic N) is 1. The summed E-state index contributed by atoms with van der Waals surface area (Å²) in [5.41, 5.74) is 1.50. The van der Waals surface area contributed by atoms with E-state index in [1.54, 1.807) is 41.6 Å². The number of fused-ring (bicyclic) bond motifs is 1. The fraction of sp³-hybridized carbons (Fsp3) is 0.400. The minimum atomic E-state index is -3.66. The lowest BCUT2D eigenvalue weighted by Gasteiger charge is -2.22. The summed E-state index contributed by atoms with van der Waals surface area (Å²) >= 11 is 6.14. The maximum atomic E-state index is 13.4. The highest BCUT2D eigenvalue weighted by Crippen LogP contribution is 2.31. The molecule has 0 atom stereocenters. The quantitative estimate of drug-likeness (QED) is 0.332. The SMILES string of the molecule is CCCCN(CCCC)S(=O)(=O)c1ccc2oc(C(=O)Nc3ccc(OC)c(Cl)c3)c(C)c2c1. The molecule has 0 fully saturated rings. The van der Waals surface area contributed by atoms with Crippen LogP contribution < -0.4 is 10.1 Å². The molecule has 7 nitrogen and oxygen atoms in total. The van der Waals surface area contributed by atoms with E-state index in [1.165, 1.54) is 13.2 Å². The third-order valence-corrected chi connectivity index (χ3v) is 7.87. The van der Waals surface area contributed by atoms with E-state index in [0.717, 1.165) is 25.7 Å². The molecule has 0 aliphatic rings. The van der Waals surface area contributed by atoms with Gasteiger partial charge in [0.1, 0.15) is 11.3 Å². The Morgan fingerprint density at radius 3 is 2.35 bits per heavy atom. The lowest BCUT2D eigenvalue weighted by molar-refractivity contribution is 0.0998. The zero-order chi connectivity index (χ0) is 24.9. The van der Waals surface area contributed by atoms with Crippen LogP contribution in [0.15, 0.2) is 45.7 Å². The predicted molar refractivity (Wildman–Crippen MR) is 135 cm³/mol. The number of furan rings is 1. The molecule has 0 radical (unpaired) electrons. The summed E-state index contributed by atoms with van der Waals surface area (Å²) < 4.78 is 39.2. The van der Waals surface area contributed by atoms with E-state index in [1.807, 2.05) is 13.8 Å². The lowest BCUT2D eigenvalue weighted by Crippen LogP contribution is -2.33. The highest BCUT2D eigenvalue weighted by Gasteiger charge is 2.26. The van der Waals surface area contributed by atoms with Gasteiger partial charge in [-0.15, -0.1) is 0 Å². The third-order valence-electron chi connectivity index (χ3n) is 5.68. The van der Waals surface area contributed by atoms with Crippen molar-refractivity contribution in [3.63, 3.8) is 0 Å². The molecule has 0 saturated carbocycles. The number of hydrogen-bond donors (Lipinski definition) is 1. The minimum absolute atomic E-state index is 0.116. The van der Waals surface area contributed by atoms with Crippen molar-refractivity contribution in [3.05, 3.63) is 52.7 Å². The van der Waals surface area contributed by atoms with Crippen molar-refractivity contribution in [2.45, 2.75) is 51.3 Å². The molecule has 1 N–H and O–H groups in total. The molecule has 9 heteroatoms. The Labute approximate surface area is 206 Å². The fourth-order valence-corrected chi connectivity index (χ4v) is 5.48. The normalized spacial score (nSPS) is 11.8. The first-order valence-electron chi connectivity index (χ1n) is 11.4. The molecule has 0 saturated heterocycles.